The molecule has 35 heavy (non-hydrogen) atoms. The van der Waals surface area contributed by atoms with Crippen LogP contribution in [-0.4, -0.2) is 77.4 Å². The first-order valence-electron chi connectivity index (χ1n) is 11.4. The van der Waals surface area contributed by atoms with E-state index in [1.807, 2.05) is 0 Å². The predicted octanol–water partition coefficient (Wildman–Crippen LogP) is 1.95. The summed E-state index contributed by atoms with van der Waals surface area (Å²) >= 11 is 5.88. The first-order chi connectivity index (χ1) is 16.7. The molecule has 0 spiro atoms. The molecule has 2 aromatic rings. The molecule has 0 bridgehead atoms. The van der Waals surface area contributed by atoms with E-state index >= 15 is 0 Å². The summed E-state index contributed by atoms with van der Waals surface area (Å²) in [7, 11) is -7.68. The molecule has 4 rings (SSSR count). The van der Waals surface area contributed by atoms with E-state index in [2.05, 4.69) is 4.72 Å². The Kier molecular flexibility index (Phi) is 8.14. The highest BCUT2D eigenvalue weighted by Gasteiger charge is 2.39. The Morgan fingerprint density at radius 1 is 0.886 bits per heavy atom. The van der Waals surface area contributed by atoms with Gasteiger partial charge in [-0.05, 0) is 55.2 Å². The number of carbonyl (C=O) groups is 1. The minimum Gasteiger partial charge on any atom is -0.378 e. The zero-order chi connectivity index (χ0) is 25.1. The maximum absolute atomic E-state index is 13.4. The van der Waals surface area contributed by atoms with Gasteiger partial charge in [-0.25, -0.2) is 16.8 Å². The van der Waals surface area contributed by atoms with E-state index in [4.69, 9.17) is 16.3 Å². The topological polar surface area (TPSA) is 113 Å². The Morgan fingerprint density at radius 3 is 2.09 bits per heavy atom. The highest BCUT2D eigenvalue weighted by atomic mass is 35.5. The highest BCUT2D eigenvalue weighted by Crippen LogP contribution is 2.28. The minimum atomic E-state index is -3.95. The van der Waals surface area contributed by atoms with Crippen molar-refractivity contribution >= 4 is 37.6 Å². The monoisotopic (exact) mass is 541 g/mol. The van der Waals surface area contributed by atoms with Gasteiger partial charge in [0.15, 0.2) is 0 Å². The Labute approximate surface area is 211 Å². The van der Waals surface area contributed by atoms with Crippen molar-refractivity contribution in [3.8, 4) is 0 Å². The van der Waals surface area contributed by atoms with E-state index in [-0.39, 0.29) is 34.7 Å². The molecule has 2 aliphatic rings. The number of nitrogens with zero attached hydrogens (tertiary/aromatic N) is 2. The third-order valence-electron chi connectivity index (χ3n) is 6.35. The lowest BCUT2D eigenvalue weighted by Gasteiger charge is -2.38. The lowest BCUT2D eigenvalue weighted by molar-refractivity contribution is -0.138. The van der Waals surface area contributed by atoms with E-state index < -0.39 is 26.1 Å². The van der Waals surface area contributed by atoms with Gasteiger partial charge in [0.2, 0.25) is 26.0 Å². The van der Waals surface area contributed by atoms with E-state index in [9.17, 15) is 21.6 Å². The lowest BCUT2D eigenvalue weighted by atomic mass is 9.90. The predicted molar refractivity (Wildman–Crippen MR) is 131 cm³/mol. The smallest absolute Gasteiger partial charge is 0.243 e. The van der Waals surface area contributed by atoms with Gasteiger partial charge in [-0.3, -0.25) is 4.79 Å². The molecule has 190 valence electrons. The molecule has 12 heteroatoms. The second-order valence-corrected chi connectivity index (χ2v) is 12.6. The molecular formula is C23H28ClN3O6S2. The third-order valence-corrected chi connectivity index (χ3v) is 9.97. The summed E-state index contributed by atoms with van der Waals surface area (Å²) in [5.74, 6) is -0.674. The summed E-state index contributed by atoms with van der Waals surface area (Å²) < 4.78 is 61.6. The maximum atomic E-state index is 13.4. The molecule has 0 saturated carbocycles. The fourth-order valence-corrected chi connectivity index (χ4v) is 7.24. The van der Waals surface area contributed by atoms with Crippen LogP contribution in [0.2, 0.25) is 5.02 Å². The molecule has 9 nitrogen and oxygen atoms in total. The summed E-state index contributed by atoms with van der Waals surface area (Å²) in [6, 6.07) is 12.9. The van der Waals surface area contributed by atoms with Gasteiger partial charge in [0.05, 0.1) is 23.0 Å². The van der Waals surface area contributed by atoms with Gasteiger partial charge < -0.3 is 9.64 Å². The maximum Gasteiger partial charge on any atom is 0.243 e. The van der Waals surface area contributed by atoms with E-state index in [0.717, 1.165) is 0 Å². The van der Waals surface area contributed by atoms with Crippen LogP contribution in [0.15, 0.2) is 64.4 Å². The summed E-state index contributed by atoms with van der Waals surface area (Å²) in [6.07, 6.45) is 0.676. The fraction of sp³-hybridized carbons (Fsp3) is 0.435. The number of hydrogen-bond acceptors (Lipinski definition) is 6. The number of piperidine rings is 1. The van der Waals surface area contributed by atoms with Crippen molar-refractivity contribution in [2.45, 2.75) is 28.7 Å². The lowest BCUT2D eigenvalue weighted by Crippen LogP contribution is -2.56. The van der Waals surface area contributed by atoms with Crippen molar-refractivity contribution in [1.29, 1.82) is 0 Å². The molecule has 2 fully saturated rings. The van der Waals surface area contributed by atoms with Crippen molar-refractivity contribution < 1.29 is 26.4 Å². The normalized spacial score (nSPS) is 19.4. The molecule has 0 aliphatic carbocycles. The van der Waals surface area contributed by atoms with Gasteiger partial charge >= 0.3 is 0 Å². The largest absolute Gasteiger partial charge is 0.378 e. The molecule has 1 amide bonds. The molecule has 2 aliphatic heterocycles. The standard InChI is InChI=1S/C23H28ClN3O6S2/c24-19-6-8-21(9-7-19)35(31,32)27-12-10-18(11-13-27)22(23(28)26-14-16-33-17-15-26)25-34(29,30)20-4-2-1-3-5-20/h1-9,18,22,25H,10-17H2/t22-/m1/s1. The minimum absolute atomic E-state index is 0.0718. The third kappa shape index (κ3) is 6.04. The van der Waals surface area contributed by atoms with Crippen molar-refractivity contribution in [3.05, 3.63) is 59.6 Å². The number of nitrogens with one attached hydrogen (secondary N) is 1. The van der Waals surface area contributed by atoms with Crippen molar-refractivity contribution in [2.24, 2.45) is 5.92 Å². The molecule has 0 radical (unpaired) electrons. The Hall–Kier alpha value is -2.02. The van der Waals surface area contributed by atoms with Crippen LogP contribution in [0.5, 0.6) is 0 Å². The zero-order valence-corrected chi connectivity index (χ0v) is 21.4. The van der Waals surface area contributed by atoms with Crippen LogP contribution in [0.3, 0.4) is 0 Å². The fourth-order valence-electron chi connectivity index (χ4n) is 4.37. The number of carbonyl (C=O) groups excluding carboxylic acids is 1. The highest BCUT2D eigenvalue weighted by molar-refractivity contribution is 7.89. The van der Waals surface area contributed by atoms with Crippen LogP contribution in [0, 0.1) is 5.92 Å². The van der Waals surface area contributed by atoms with Gasteiger partial charge in [-0.15, -0.1) is 0 Å². The number of ether oxygens (including phenoxy) is 1. The quantitative estimate of drug-likeness (QED) is 0.573. The van der Waals surface area contributed by atoms with Crippen LogP contribution in [0.25, 0.3) is 0 Å². The van der Waals surface area contributed by atoms with Crippen LogP contribution >= 0.6 is 11.6 Å². The van der Waals surface area contributed by atoms with Crippen LogP contribution in [0.1, 0.15) is 12.8 Å². The molecule has 1 atom stereocenters. The van der Waals surface area contributed by atoms with Crippen molar-refractivity contribution in [2.75, 3.05) is 39.4 Å². The van der Waals surface area contributed by atoms with Crippen LogP contribution in [0.4, 0.5) is 0 Å². The molecule has 0 unspecified atom stereocenters. The summed E-state index contributed by atoms with van der Waals surface area (Å²) in [4.78, 5) is 15.3. The molecule has 2 heterocycles. The number of amides is 1. The van der Waals surface area contributed by atoms with Crippen molar-refractivity contribution in [1.82, 2.24) is 13.9 Å². The molecule has 1 N–H and O–H groups in total. The summed E-state index contributed by atoms with van der Waals surface area (Å²) in [5, 5.41) is 0.442. The molecule has 2 aromatic carbocycles. The van der Waals surface area contributed by atoms with E-state index in [0.29, 0.717) is 44.2 Å². The second kappa shape index (κ2) is 10.9. The van der Waals surface area contributed by atoms with Crippen LogP contribution in [-0.2, 0) is 29.6 Å². The summed E-state index contributed by atoms with van der Waals surface area (Å²) in [6.45, 7) is 1.90. The van der Waals surface area contributed by atoms with Crippen molar-refractivity contribution in [3.63, 3.8) is 0 Å². The number of sulfonamides is 2. The van der Waals surface area contributed by atoms with Gasteiger partial charge in [-0.1, -0.05) is 29.8 Å². The van der Waals surface area contributed by atoms with Gasteiger partial charge in [0, 0.05) is 31.2 Å². The Morgan fingerprint density at radius 2 is 1.49 bits per heavy atom. The Balaban J connectivity index is 1.53. The second-order valence-electron chi connectivity index (χ2n) is 8.55. The molecule has 2 saturated heterocycles. The number of morpholine rings is 1. The first-order valence-corrected chi connectivity index (χ1v) is 14.7. The first kappa shape index (κ1) is 26.1. The van der Waals surface area contributed by atoms with E-state index in [1.165, 1.54) is 40.7 Å². The van der Waals surface area contributed by atoms with Gasteiger partial charge in [-0.2, -0.15) is 9.03 Å². The zero-order valence-electron chi connectivity index (χ0n) is 19.0. The average Bonchev–Trinajstić information content (AvgIpc) is 2.88. The Bertz CT molecular complexity index is 1230. The average molecular weight is 542 g/mol. The van der Waals surface area contributed by atoms with Crippen LogP contribution < -0.4 is 4.72 Å². The van der Waals surface area contributed by atoms with E-state index in [1.54, 1.807) is 23.1 Å². The molecular weight excluding hydrogens is 514 g/mol. The number of rotatable bonds is 7. The summed E-state index contributed by atoms with van der Waals surface area (Å²) in [5.41, 5.74) is 0. The number of hydrogen-bond donors (Lipinski definition) is 1. The van der Waals surface area contributed by atoms with Gasteiger partial charge in [0.25, 0.3) is 0 Å². The SMILES string of the molecule is O=C([C@H](NS(=O)(=O)c1ccccc1)C1CCN(S(=O)(=O)c2ccc(Cl)cc2)CC1)N1CCOCC1. The molecule has 0 aromatic heterocycles. The number of halogens is 1. The van der Waals surface area contributed by atoms with Gasteiger partial charge in [0.1, 0.15) is 6.04 Å². The number of benzene rings is 2.